The first-order chi connectivity index (χ1) is 16.1. The van der Waals surface area contributed by atoms with E-state index in [0.29, 0.717) is 32.7 Å². The van der Waals surface area contributed by atoms with E-state index in [4.69, 9.17) is 9.47 Å². The summed E-state index contributed by atoms with van der Waals surface area (Å²) in [6.07, 6.45) is 7.42. The van der Waals surface area contributed by atoms with Crippen LogP contribution >= 0.6 is 0 Å². The van der Waals surface area contributed by atoms with Crippen molar-refractivity contribution in [3.05, 3.63) is 42.0 Å². The predicted molar refractivity (Wildman–Crippen MR) is 139 cm³/mol. The third kappa shape index (κ3) is 6.94. The topological polar surface area (TPSA) is 79.6 Å². The summed E-state index contributed by atoms with van der Waals surface area (Å²) in [5, 5.41) is 10.4. The molecule has 3 rings (SSSR count). The van der Waals surface area contributed by atoms with Crippen LogP contribution in [-0.2, 0) is 21.4 Å². The Morgan fingerprint density at radius 2 is 1.88 bits per heavy atom. The van der Waals surface area contributed by atoms with Gasteiger partial charge in [0.1, 0.15) is 5.75 Å². The Balaban J connectivity index is 1.64. The third-order valence-corrected chi connectivity index (χ3v) is 11.1. The highest BCUT2D eigenvalue weighted by Gasteiger charge is 2.50. The lowest BCUT2D eigenvalue weighted by atomic mass is 9.62. The number of methoxy groups -OCH3 is 1. The first kappa shape index (κ1) is 26.9. The second kappa shape index (κ2) is 11.4. The van der Waals surface area contributed by atoms with E-state index in [-0.39, 0.29) is 17.6 Å². The summed E-state index contributed by atoms with van der Waals surface area (Å²) in [5.41, 5.74) is 0.411. The highest BCUT2D eigenvalue weighted by Crippen LogP contribution is 2.47. The van der Waals surface area contributed by atoms with Crippen LogP contribution < -0.4 is 4.74 Å². The maximum Gasteiger partial charge on any atom is 0.213 e. The van der Waals surface area contributed by atoms with Crippen LogP contribution in [-0.4, -0.2) is 53.4 Å². The average Bonchev–Trinajstić information content (AvgIpc) is 2.82. The Morgan fingerprint density at radius 1 is 1.18 bits per heavy atom. The molecule has 1 saturated heterocycles. The molecule has 0 amide bonds. The standard InChI is InChI=1S/C26H40N2O4SSi/c1-31-24-12-10-22(11-13-24)19-32-15-7-14-26(20-27)21-28(18-23-8-5-6-9-25(23)26)33(29,30)16-17-34(2,3)4/h5-6,10-13,23,25H,7-9,14-19,21H2,1-4H3/t23-,25-,26+/m1/s1. The number of hydrogen-bond acceptors (Lipinski definition) is 5. The van der Waals surface area contributed by atoms with Crippen LogP contribution in [0.1, 0.15) is 31.2 Å². The van der Waals surface area contributed by atoms with Crippen molar-refractivity contribution in [3.8, 4) is 11.8 Å². The predicted octanol–water partition coefficient (Wildman–Crippen LogP) is 5.07. The molecule has 1 aliphatic heterocycles. The minimum atomic E-state index is -3.37. The summed E-state index contributed by atoms with van der Waals surface area (Å²) in [5.74, 6) is 1.42. The van der Waals surface area contributed by atoms with Gasteiger partial charge in [-0.1, -0.05) is 43.9 Å². The number of rotatable bonds is 11. The van der Waals surface area contributed by atoms with E-state index in [1.54, 1.807) is 11.4 Å². The number of ether oxygens (including phenoxy) is 2. The lowest BCUT2D eigenvalue weighted by Gasteiger charge is -2.49. The van der Waals surface area contributed by atoms with E-state index in [2.05, 4.69) is 37.9 Å². The molecule has 1 fully saturated rings. The molecule has 0 radical (unpaired) electrons. The molecular formula is C26H40N2O4SSi. The molecule has 0 N–H and O–H groups in total. The minimum absolute atomic E-state index is 0.197. The normalized spacial score (nSPS) is 25.5. The van der Waals surface area contributed by atoms with Gasteiger partial charge in [0.25, 0.3) is 0 Å². The molecule has 0 unspecified atom stereocenters. The van der Waals surface area contributed by atoms with Gasteiger partial charge in [-0.3, -0.25) is 0 Å². The number of benzene rings is 1. The summed E-state index contributed by atoms with van der Waals surface area (Å²) < 4.78 is 39.3. The summed E-state index contributed by atoms with van der Waals surface area (Å²) in [6, 6.07) is 11.2. The van der Waals surface area contributed by atoms with Crippen LogP contribution in [0.4, 0.5) is 0 Å². The quantitative estimate of drug-likeness (QED) is 0.239. The molecule has 1 heterocycles. The monoisotopic (exact) mass is 504 g/mol. The number of nitrogens with zero attached hydrogens (tertiary/aromatic N) is 2. The zero-order valence-electron chi connectivity index (χ0n) is 21.1. The van der Waals surface area contributed by atoms with Crippen molar-refractivity contribution in [2.24, 2.45) is 17.3 Å². The highest BCUT2D eigenvalue weighted by molar-refractivity contribution is 7.89. The van der Waals surface area contributed by atoms with Crippen LogP contribution in [0.25, 0.3) is 0 Å². The SMILES string of the molecule is COc1ccc(COCCC[C@]2(C#N)CN(S(=O)(=O)CC[Si](C)(C)C)C[C@H]3CC=CC[C@H]32)cc1. The summed E-state index contributed by atoms with van der Waals surface area (Å²) in [7, 11) is -3.21. The molecule has 1 aromatic carbocycles. The van der Waals surface area contributed by atoms with Crippen molar-refractivity contribution in [1.29, 1.82) is 5.26 Å². The zero-order valence-corrected chi connectivity index (χ0v) is 22.9. The van der Waals surface area contributed by atoms with Gasteiger partial charge < -0.3 is 9.47 Å². The molecule has 3 atom stereocenters. The molecule has 0 spiro atoms. The molecular weight excluding hydrogens is 464 g/mol. The molecule has 188 valence electrons. The molecule has 0 saturated carbocycles. The Morgan fingerprint density at radius 3 is 2.53 bits per heavy atom. The van der Waals surface area contributed by atoms with Crippen LogP contribution in [0.15, 0.2) is 36.4 Å². The molecule has 1 aromatic rings. The first-order valence-corrected chi connectivity index (χ1v) is 17.6. The number of piperidine rings is 1. The van der Waals surface area contributed by atoms with Crippen molar-refractivity contribution < 1.29 is 17.9 Å². The van der Waals surface area contributed by atoms with E-state index in [9.17, 15) is 13.7 Å². The second-order valence-electron chi connectivity index (χ2n) is 11.0. The molecule has 2 aliphatic rings. The maximum absolute atomic E-state index is 13.3. The fourth-order valence-corrected chi connectivity index (χ4v) is 9.71. The van der Waals surface area contributed by atoms with Crippen molar-refractivity contribution in [2.75, 3.05) is 32.6 Å². The van der Waals surface area contributed by atoms with Gasteiger partial charge in [0.15, 0.2) is 0 Å². The van der Waals surface area contributed by atoms with Crippen molar-refractivity contribution in [3.63, 3.8) is 0 Å². The number of allylic oxidation sites excluding steroid dienone is 2. The Hall–Kier alpha value is -1.66. The maximum atomic E-state index is 13.3. The Kier molecular flexibility index (Phi) is 9.02. The Labute approximate surface area is 207 Å². The summed E-state index contributed by atoms with van der Waals surface area (Å²) in [4.78, 5) is 0. The molecule has 0 aromatic heterocycles. The number of sulfonamides is 1. The van der Waals surface area contributed by atoms with Gasteiger partial charge in [-0.15, -0.1) is 0 Å². The molecule has 1 aliphatic carbocycles. The van der Waals surface area contributed by atoms with Gasteiger partial charge in [0.2, 0.25) is 10.0 Å². The first-order valence-electron chi connectivity index (χ1n) is 12.3. The minimum Gasteiger partial charge on any atom is -0.497 e. The van der Waals surface area contributed by atoms with Crippen molar-refractivity contribution in [2.45, 2.75) is 58.0 Å². The smallest absolute Gasteiger partial charge is 0.213 e. The lowest BCUT2D eigenvalue weighted by Crippen LogP contribution is -2.55. The van der Waals surface area contributed by atoms with Crippen molar-refractivity contribution in [1.82, 2.24) is 4.31 Å². The number of hydrogen-bond donors (Lipinski definition) is 0. The molecule has 34 heavy (non-hydrogen) atoms. The summed E-state index contributed by atoms with van der Waals surface area (Å²) >= 11 is 0. The van der Waals surface area contributed by atoms with Gasteiger partial charge >= 0.3 is 0 Å². The van der Waals surface area contributed by atoms with E-state index in [0.717, 1.165) is 36.6 Å². The summed E-state index contributed by atoms with van der Waals surface area (Å²) in [6.45, 7) is 8.51. The van der Waals surface area contributed by atoms with E-state index >= 15 is 0 Å². The second-order valence-corrected chi connectivity index (χ2v) is 18.7. The zero-order chi connectivity index (χ0) is 24.8. The fraction of sp³-hybridized carbons (Fsp3) is 0.654. The van der Waals surface area contributed by atoms with Gasteiger partial charge in [0, 0.05) is 27.8 Å². The molecule has 8 heteroatoms. The lowest BCUT2D eigenvalue weighted by molar-refractivity contribution is 0.0385. The van der Waals surface area contributed by atoms with E-state index < -0.39 is 23.5 Å². The van der Waals surface area contributed by atoms with Crippen LogP contribution in [0.5, 0.6) is 5.75 Å². The van der Waals surface area contributed by atoms with Gasteiger partial charge in [0.05, 0.1) is 31.0 Å². The highest BCUT2D eigenvalue weighted by atomic mass is 32.2. The fourth-order valence-electron chi connectivity index (χ4n) is 5.12. The van der Waals surface area contributed by atoms with Crippen LogP contribution in [0.3, 0.4) is 0 Å². The van der Waals surface area contributed by atoms with Crippen LogP contribution in [0.2, 0.25) is 25.7 Å². The largest absolute Gasteiger partial charge is 0.497 e. The van der Waals surface area contributed by atoms with E-state index in [1.165, 1.54) is 0 Å². The number of fused-ring (bicyclic) bond motifs is 1. The van der Waals surface area contributed by atoms with Crippen molar-refractivity contribution >= 4 is 18.1 Å². The van der Waals surface area contributed by atoms with Gasteiger partial charge in [-0.2, -0.15) is 5.26 Å². The third-order valence-electron chi connectivity index (χ3n) is 7.24. The van der Waals surface area contributed by atoms with Gasteiger partial charge in [-0.05, 0) is 61.3 Å². The molecule has 6 nitrogen and oxygen atoms in total. The number of nitriles is 1. The van der Waals surface area contributed by atoms with E-state index in [1.807, 2.05) is 24.3 Å². The Bertz CT molecular complexity index is 982. The van der Waals surface area contributed by atoms with Crippen LogP contribution in [0, 0.1) is 28.6 Å². The van der Waals surface area contributed by atoms with Gasteiger partial charge in [-0.25, -0.2) is 12.7 Å². The average molecular weight is 505 g/mol. The molecule has 0 bridgehead atoms.